The number of pyridine rings is 1. The first-order valence-corrected chi connectivity index (χ1v) is 9.06. The van der Waals surface area contributed by atoms with Crippen LogP contribution in [0.25, 0.3) is 11.2 Å². The van der Waals surface area contributed by atoms with Crippen molar-refractivity contribution in [3.63, 3.8) is 0 Å². The van der Waals surface area contributed by atoms with E-state index in [-0.39, 0.29) is 12.0 Å². The predicted molar refractivity (Wildman–Crippen MR) is 108 cm³/mol. The van der Waals surface area contributed by atoms with Gasteiger partial charge in [-0.3, -0.25) is 9.36 Å². The molecular formula is C23H17F2N3O. The number of H-pyrrole nitrogens is 1. The number of nitrogens with one attached hydrogen (secondary N) is 1. The maximum atomic E-state index is 13.5. The van der Waals surface area contributed by atoms with Gasteiger partial charge in [-0.2, -0.15) is 0 Å². The van der Waals surface area contributed by atoms with Gasteiger partial charge in [-0.05, 0) is 35.2 Å². The first-order chi connectivity index (χ1) is 14.0. The number of benzene rings is 2. The summed E-state index contributed by atoms with van der Waals surface area (Å²) in [6.07, 6.45) is 0.778. The predicted octanol–water partition coefficient (Wildman–Crippen LogP) is 3.72. The summed E-state index contributed by atoms with van der Waals surface area (Å²) in [6, 6.07) is 15.2. The molecule has 6 heteroatoms. The molecule has 0 saturated heterocycles. The number of halogens is 2. The normalized spacial score (nSPS) is 10.7. The topological polar surface area (TPSA) is 50.7 Å². The van der Waals surface area contributed by atoms with Gasteiger partial charge < -0.3 is 4.98 Å². The van der Waals surface area contributed by atoms with Crippen LogP contribution < -0.4 is 5.56 Å². The standard InChI is InChI=1S/C23H17F2N3O/c1-28-22-20(26-21(27-22)9-5-8-15-6-3-2-4-7-15)14-17(23(28)29)12-16-10-11-18(24)19(25)13-16/h2-4,6-7,10-11,13-14H,8,12H2,1H3,(H,26,27). The Kier molecular flexibility index (Phi) is 4.96. The maximum Gasteiger partial charge on any atom is 0.255 e. The first kappa shape index (κ1) is 18.6. The lowest BCUT2D eigenvalue weighted by Crippen LogP contribution is -2.21. The van der Waals surface area contributed by atoms with Crippen molar-refractivity contribution in [2.24, 2.45) is 7.05 Å². The molecule has 0 radical (unpaired) electrons. The summed E-state index contributed by atoms with van der Waals surface area (Å²) in [7, 11) is 1.64. The SMILES string of the molecule is Cn1c(=O)c(Cc2ccc(F)c(F)c2)cc2nc(C#CCc3ccccc3)[nH]c21. The minimum absolute atomic E-state index is 0.182. The summed E-state index contributed by atoms with van der Waals surface area (Å²) in [4.78, 5) is 20.2. The van der Waals surface area contributed by atoms with E-state index < -0.39 is 11.6 Å². The van der Waals surface area contributed by atoms with E-state index in [0.29, 0.717) is 34.5 Å². The summed E-state index contributed by atoms with van der Waals surface area (Å²) in [5, 5.41) is 0. The number of hydrogen-bond acceptors (Lipinski definition) is 2. The Morgan fingerprint density at radius 1 is 1.03 bits per heavy atom. The van der Waals surface area contributed by atoms with Crippen molar-refractivity contribution in [2.75, 3.05) is 0 Å². The van der Waals surface area contributed by atoms with Gasteiger partial charge >= 0.3 is 0 Å². The van der Waals surface area contributed by atoms with Crippen LogP contribution in [-0.2, 0) is 19.9 Å². The van der Waals surface area contributed by atoms with E-state index in [2.05, 4.69) is 21.8 Å². The lowest BCUT2D eigenvalue weighted by atomic mass is 10.1. The molecular weight excluding hydrogens is 372 g/mol. The van der Waals surface area contributed by atoms with Gasteiger partial charge in [0.15, 0.2) is 17.5 Å². The van der Waals surface area contributed by atoms with E-state index in [1.807, 2.05) is 30.3 Å². The summed E-state index contributed by atoms with van der Waals surface area (Å²) in [5.74, 6) is 4.68. The Balaban J connectivity index is 1.64. The Morgan fingerprint density at radius 2 is 1.83 bits per heavy atom. The lowest BCUT2D eigenvalue weighted by Gasteiger charge is -2.05. The molecule has 2 aromatic heterocycles. The zero-order valence-corrected chi connectivity index (χ0v) is 15.7. The van der Waals surface area contributed by atoms with E-state index in [0.717, 1.165) is 17.7 Å². The number of fused-ring (bicyclic) bond motifs is 1. The Labute approximate surface area is 165 Å². The van der Waals surface area contributed by atoms with Gasteiger partial charge in [0, 0.05) is 25.5 Å². The summed E-state index contributed by atoms with van der Waals surface area (Å²) in [6.45, 7) is 0. The number of nitrogens with zero attached hydrogens (tertiary/aromatic N) is 2. The van der Waals surface area contributed by atoms with Crippen LogP contribution in [0.15, 0.2) is 59.4 Å². The maximum absolute atomic E-state index is 13.5. The van der Waals surface area contributed by atoms with Crippen molar-refractivity contribution in [1.29, 1.82) is 0 Å². The fraction of sp³-hybridized carbons (Fsp3) is 0.130. The first-order valence-electron chi connectivity index (χ1n) is 9.06. The third kappa shape index (κ3) is 3.94. The van der Waals surface area contributed by atoms with E-state index in [1.165, 1.54) is 10.6 Å². The second kappa shape index (κ2) is 7.72. The number of rotatable bonds is 3. The monoisotopic (exact) mass is 389 g/mol. The Morgan fingerprint density at radius 3 is 2.59 bits per heavy atom. The van der Waals surface area contributed by atoms with Crippen molar-refractivity contribution < 1.29 is 8.78 Å². The number of imidazole rings is 1. The zero-order chi connectivity index (χ0) is 20.4. The largest absolute Gasteiger partial charge is 0.317 e. The molecule has 0 fully saturated rings. The number of aromatic nitrogens is 3. The van der Waals surface area contributed by atoms with Crippen molar-refractivity contribution in [3.05, 3.63) is 99.1 Å². The minimum atomic E-state index is -0.934. The van der Waals surface area contributed by atoms with Crippen LogP contribution in [0.3, 0.4) is 0 Å². The van der Waals surface area contributed by atoms with Gasteiger partial charge in [-0.1, -0.05) is 42.3 Å². The fourth-order valence-corrected chi connectivity index (χ4v) is 3.16. The van der Waals surface area contributed by atoms with Gasteiger partial charge in [0.25, 0.3) is 5.56 Å². The van der Waals surface area contributed by atoms with Crippen molar-refractivity contribution in [1.82, 2.24) is 14.5 Å². The molecule has 1 N–H and O–H groups in total. The second-order valence-electron chi connectivity index (χ2n) is 6.74. The Bertz CT molecular complexity index is 1310. The van der Waals surface area contributed by atoms with Crippen LogP contribution in [0, 0.1) is 23.5 Å². The average Bonchev–Trinajstić information content (AvgIpc) is 3.12. The molecule has 144 valence electrons. The third-order valence-electron chi connectivity index (χ3n) is 4.66. The molecule has 0 atom stereocenters. The highest BCUT2D eigenvalue weighted by molar-refractivity contribution is 5.73. The fourth-order valence-electron chi connectivity index (χ4n) is 3.16. The second-order valence-corrected chi connectivity index (χ2v) is 6.74. The van der Waals surface area contributed by atoms with E-state index in [9.17, 15) is 13.6 Å². The molecule has 0 aliphatic rings. The molecule has 0 amide bonds. The minimum Gasteiger partial charge on any atom is -0.317 e. The average molecular weight is 389 g/mol. The molecule has 0 unspecified atom stereocenters. The van der Waals surface area contributed by atoms with E-state index in [1.54, 1.807) is 13.1 Å². The van der Waals surface area contributed by atoms with Crippen LogP contribution in [0.5, 0.6) is 0 Å². The number of aryl methyl sites for hydroxylation is 1. The van der Waals surface area contributed by atoms with Gasteiger partial charge in [0.1, 0.15) is 11.2 Å². The van der Waals surface area contributed by atoms with Crippen molar-refractivity contribution >= 4 is 11.2 Å². The van der Waals surface area contributed by atoms with Crippen LogP contribution in [0.2, 0.25) is 0 Å². The number of aromatic amines is 1. The van der Waals surface area contributed by atoms with E-state index >= 15 is 0 Å². The van der Waals surface area contributed by atoms with Crippen LogP contribution in [0.1, 0.15) is 22.5 Å². The molecule has 0 spiro atoms. The van der Waals surface area contributed by atoms with Crippen LogP contribution in [0.4, 0.5) is 8.78 Å². The zero-order valence-electron chi connectivity index (χ0n) is 15.7. The molecule has 0 aliphatic heterocycles. The third-order valence-corrected chi connectivity index (χ3v) is 4.66. The summed E-state index contributed by atoms with van der Waals surface area (Å²) in [5.41, 5.74) is 2.99. The molecule has 4 rings (SSSR count). The van der Waals surface area contributed by atoms with Gasteiger partial charge in [0.2, 0.25) is 0 Å². The highest BCUT2D eigenvalue weighted by Gasteiger charge is 2.12. The van der Waals surface area contributed by atoms with Crippen molar-refractivity contribution in [2.45, 2.75) is 12.8 Å². The van der Waals surface area contributed by atoms with Crippen molar-refractivity contribution in [3.8, 4) is 11.8 Å². The highest BCUT2D eigenvalue weighted by atomic mass is 19.2. The molecule has 4 aromatic rings. The number of hydrogen-bond donors (Lipinski definition) is 1. The molecule has 29 heavy (non-hydrogen) atoms. The molecule has 2 aromatic carbocycles. The van der Waals surface area contributed by atoms with Crippen LogP contribution in [-0.4, -0.2) is 14.5 Å². The molecule has 0 bridgehead atoms. The Hall–Kier alpha value is -3.72. The molecule has 2 heterocycles. The summed E-state index contributed by atoms with van der Waals surface area (Å²) < 4.78 is 28.1. The van der Waals surface area contributed by atoms with E-state index in [4.69, 9.17) is 0 Å². The van der Waals surface area contributed by atoms with Crippen LogP contribution >= 0.6 is 0 Å². The summed E-state index contributed by atoms with van der Waals surface area (Å²) >= 11 is 0. The lowest BCUT2D eigenvalue weighted by molar-refractivity contribution is 0.507. The van der Waals surface area contributed by atoms with Gasteiger partial charge in [-0.15, -0.1) is 0 Å². The van der Waals surface area contributed by atoms with Gasteiger partial charge in [-0.25, -0.2) is 13.8 Å². The van der Waals surface area contributed by atoms with Gasteiger partial charge in [0.05, 0.1) is 0 Å². The molecule has 4 nitrogen and oxygen atoms in total. The molecule has 0 aliphatic carbocycles. The smallest absolute Gasteiger partial charge is 0.255 e. The highest BCUT2D eigenvalue weighted by Crippen LogP contribution is 2.15. The quantitative estimate of drug-likeness (QED) is 0.543. The molecule has 0 saturated carbocycles.